The molecule has 0 saturated heterocycles. The molecule has 5 heteroatoms. The minimum absolute atomic E-state index is 0.0208. The molecule has 0 heterocycles. The third-order valence-corrected chi connectivity index (χ3v) is 4.12. The van der Waals surface area contributed by atoms with Gasteiger partial charge in [0, 0.05) is 35.4 Å². The molecule has 1 N–H and O–H groups in total. The Balaban J connectivity index is 1.85. The first-order valence-corrected chi connectivity index (χ1v) is 7.86. The van der Waals surface area contributed by atoms with Gasteiger partial charge in [-0.1, -0.05) is 11.6 Å². The number of rotatable bonds is 5. The monoisotopic (exact) mass is 320 g/mol. The predicted octanol–water partition coefficient (Wildman–Crippen LogP) is 4.14. The summed E-state index contributed by atoms with van der Waals surface area (Å²) in [5.41, 5.74) is 1.91. The molecule has 0 spiro atoms. The third kappa shape index (κ3) is 4.99. The van der Waals surface area contributed by atoms with E-state index in [9.17, 15) is 4.79 Å². The van der Waals surface area contributed by atoms with Crippen molar-refractivity contribution in [1.82, 2.24) is 0 Å². The summed E-state index contributed by atoms with van der Waals surface area (Å²) in [4.78, 5) is 14.9. The third-order valence-electron chi connectivity index (χ3n) is 2.85. The van der Waals surface area contributed by atoms with E-state index in [0.717, 1.165) is 16.3 Å². The molecule has 0 aliphatic carbocycles. The number of benzene rings is 2. The number of nitrogens with one attached hydrogen (secondary N) is 1. The molecule has 0 saturated carbocycles. The molecule has 2 aromatic carbocycles. The highest BCUT2D eigenvalue weighted by atomic mass is 35.5. The zero-order valence-corrected chi connectivity index (χ0v) is 13.5. The summed E-state index contributed by atoms with van der Waals surface area (Å²) in [6, 6.07) is 15.2. The smallest absolute Gasteiger partial charge is 0.234 e. The van der Waals surface area contributed by atoms with Crippen LogP contribution < -0.4 is 10.2 Å². The van der Waals surface area contributed by atoms with Crippen molar-refractivity contribution in [3.05, 3.63) is 53.6 Å². The highest BCUT2D eigenvalue weighted by Crippen LogP contribution is 2.21. The Hall–Kier alpha value is -1.65. The van der Waals surface area contributed by atoms with Crippen LogP contribution in [0.3, 0.4) is 0 Å². The number of nitrogens with zero attached hydrogens (tertiary/aromatic N) is 1. The van der Waals surface area contributed by atoms with Gasteiger partial charge in [-0.2, -0.15) is 0 Å². The number of hydrogen-bond acceptors (Lipinski definition) is 3. The summed E-state index contributed by atoms with van der Waals surface area (Å²) in [7, 11) is 3.96. The molecule has 2 rings (SSSR count). The van der Waals surface area contributed by atoms with E-state index in [1.807, 2.05) is 67.5 Å². The van der Waals surface area contributed by atoms with Crippen molar-refractivity contribution in [2.24, 2.45) is 0 Å². The fourth-order valence-electron chi connectivity index (χ4n) is 1.72. The summed E-state index contributed by atoms with van der Waals surface area (Å²) in [5, 5.41) is 3.58. The van der Waals surface area contributed by atoms with Crippen LogP contribution in [0.2, 0.25) is 5.02 Å². The summed E-state index contributed by atoms with van der Waals surface area (Å²) < 4.78 is 0. The van der Waals surface area contributed by atoms with Gasteiger partial charge in [0.05, 0.1) is 5.75 Å². The van der Waals surface area contributed by atoms with Crippen LogP contribution in [0.15, 0.2) is 53.4 Å². The van der Waals surface area contributed by atoms with E-state index in [2.05, 4.69) is 5.32 Å². The van der Waals surface area contributed by atoms with Gasteiger partial charge in [0.2, 0.25) is 5.91 Å². The molecule has 21 heavy (non-hydrogen) atoms. The molecule has 110 valence electrons. The molecule has 0 aliphatic heterocycles. The van der Waals surface area contributed by atoms with Crippen molar-refractivity contribution in [2.75, 3.05) is 30.1 Å². The Morgan fingerprint density at radius 3 is 2.29 bits per heavy atom. The molecular weight excluding hydrogens is 304 g/mol. The second-order valence-electron chi connectivity index (χ2n) is 4.73. The first-order chi connectivity index (χ1) is 10.0. The minimum Gasteiger partial charge on any atom is -0.378 e. The average molecular weight is 321 g/mol. The maximum Gasteiger partial charge on any atom is 0.234 e. The van der Waals surface area contributed by atoms with Crippen LogP contribution in [0.25, 0.3) is 0 Å². The summed E-state index contributed by atoms with van der Waals surface area (Å²) in [6.45, 7) is 0. The molecular formula is C16H17ClN2OS. The number of thioether (sulfide) groups is 1. The topological polar surface area (TPSA) is 32.3 Å². The van der Waals surface area contributed by atoms with Gasteiger partial charge in [-0.3, -0.25) is 4.79 Å². The average Bonchev–Trinajstić information content (AvgIpc) is 2.47. The van der Waals surface area contributed by atoms with Gasteiger partial charge in [0.25, 0.3) is 0 Å². The van der Waals surface area contributed by atoms with Crippen molar-refractivity contribution in [3.63, 3.8) is 0 Å². The fourth-order valence-corrected chi connectivity index (χ4v) is 2.54. The minimum atomic E-state index is -0.0208. The normalized spacial score (nSPS) is 10.2. The van der Waals surface area contributed by atoms with E-state index in [1.165, 1.54) is 11.8 Å². The Kier molecular flexibility index (Phi) is 5.53. The van der Waals surface area contributed by atoms with Crippen molar-refractivity contribution in [1.29, 1.82) is 0 Å². The fraction of sp³-hybridized carbons (Fsp3) is 0.188. The van der Waals surface area contributed by atoms with E-state index >= 15 is 0 Å². The molecule has 0 aliphatic rings. The van der Waals surface area contributed by atoms with Crippen molar-refractivity contribution < 1.29 is 4.79 Å². The van der Waals surface area contributed by atoms with Gasteiger partial charge in [0.1, 0.15) is 0 Å². The van der Waals surface area contributed by atoms with Crippen LogP contribution in [0, 0.1) is 0 Å². The molecule has 1 amide bonds. The Bertz CT molecular complexity index is 597. The molecule has 0 unspecified atom stereocenters. The van der Waals surface area contributed by atoms with Crippen LogP contribution in [0.1, 0.15) is 0 Å². The van der Waals surface area contributed by atoms with Crippen LogP contribution in [-0.4, -0.2) is 25.8 Å². The maximum atomic E-state index is 11.9. The second-order valence-corrected chi connectivity index (χ2v) is 6.22. The highest BCUT2D eigenvalue weighted by molar-refractivity contribution is 8.00. The number of halogens is 1. The zero-order valence-electron chi connectivity index (χ0n) is 12.0. The van der Waals surface area contributed by atoms with Crippen LogP contribution in [0.4, 0.5) is 11.4 Å². The zero-order chi connectivity index (χ0) is 15.2. The van der Waals surface area contributed by atoms with Crippen molar-refractivity contribution in [2.45, 2.75) is 4.90 Å². The molecule has 0 aromatic heterocycles. The lowest BCUT2D eigenvalue weighted by Gasteiger charge is -2.13. The van der Waals surface area contributed by atoms with Gasteiger partial charge < -0.3 is 10.2 Å². The van der Waals surface area contributed by atoms with Crippen molar-refractivity contribution in [3.8, 4) is 0 Å². The number of amides is 1. The summed E-state index contributed by atoms with van der Waals surface area (Å²) in [5.74, 6) is 0.351. The lowest BCUT2D eigenvalue weighted by molar-refractivity contribution is -0.113. The van der Waals surface area contributed by atoms with Crippen LogP contribution >= 0.6 is 23.4 Å². The van der Waals surface area contributed by atoms with Gasteiger partial charge >= 0.3 is 0 Å². The molecule has 0 fully saturated rings. The molecule has 0 bridgehead atoms. The highest BCUT2D eigenvalue weighted by Gasteiger charge is 2.04. The lowest BCUT2D eigenvalue weighted by Crippen LogP contribution is -2.14. The van der Waals surface area contributed by atoms with Crippen LogP contribution in [0.5, 0.6) is 0 Å². The Morgan fingerprint density at radius 2 is 1.71 bits per heavy atom. The summed E-state index contributed by atoms with van der Waals surface area (Å²) >= 11 is 7.31. The Morgan fingerprint density at radius 1 is 1.10 bits per heavy atom. The number of carbonyl (C=O) groups excluding carboxylic acids is 1. The van der Waals surface area contributed by atoms with Gasteiger partial charge in [-0.15, -0.1) is 11.8 Å². The summed E-state index contributed by atoms with van der Waals surface area (Å²) in [6.07, 6.45) is 0. The first kappa shape index (κ1) is 15.7. The van der Waals surface area contributed by atoms with E-state index in [0.29, 0.717) is 10.8 Å². The van der Waals surface area contributed by atoms with Crippen molar-refractivity contribution >= 4 is 40.6 Å². The molecule has 2 aromatic rings. The van der Waals surface area contributed by atoms with E-state index in [4.69, 9.17) is 11.6 Å². The maximum absolute atomic E-state index is 11.9. The van der Waals surface area contributed by atoms with E-state index in [-0.39, 0.29) is 5.91 Å². The lowest BCUT2D eigenvalue weighted by atomic mass is 10.2. The van der Waals surface area contributed by atoms with Gasteiger partial charge in [-0.05, 0) is 48.5 Å². The van der Waals surface area contributed by atoms with Crippen LogP contribution in [-0.2, 0) is 4.79 Å². The van der Waals surface area contributed by atoms with Gasteiger partial charge in [-0.25, -0.2) is 0 Å². The number of carbonyl (C=O) groups is 1. The Labute approximate surface area is 134 Å². The number of hydrogen-bond donors (Lipinski definition) is 1. The second kappa shape index (κ2) is 7.38. The van der Waals surface area contributed by atoms with Gasteiger partial charge in [0.15, 0.2) is 0 Å². The largest absolute Gasteiger partial charge is 0.378 e. The first-order valence-electron chi connectivity index (χ1n) is 6.50. The standard InChI is InChI=1S/C16H17ClN2OS/c1-19(2)14-7-5-13(6-8-14)18-16(20)11-21-15-9-3-12(17)4-10-15/h3-10H,11H2,1-2H3,(H,18,20). The quantitative estimate of drug-likeness (QED) is 0.840. The SMILES string of the molecule is CN(C)c1ccc(NC(=O)CSc2ccc(Cl)cc2)cc1. The van der Waals surface area contributed by atoms with E-state index < -0.39 is 0 Å². The molecule has 0 atom stereocenters. The number of anilines is 2. The molecule has 3 nitrogen and oxygen atoms in total. The predicted molar refractivity (Wildman–Crippen MR) is 91.6 cm³/mol. The molecule has 0 radical (unpaired) electrons. The van der Waals surface area contributed by atoms with E-state index in [1.54, 1.807) is 0 Å².